The van der Waals surface area contributed by atoms with Gasteiger partial charge in [-0.2, -0.15) is 0 Å². The van der Waals surface area contributed by atoms with Gasteiger partial charge >= 0.3 is 5.97 Å². The first-order valence-corrected chi connectivity index (χ1v) is 9.25. The van der Waals surface area contributed by atoms with Crippen LogP contribution in [0.2, 0.25) is 5.02 Å². The smallest absolute Gasteiger partial charge is 0.339 e. The predicted octanol–water partition coefficient (Wildman–Crippen LogP) is 4.93. The monoisotopic (exact) mass is 389 g/mol. The molecular weight excluding hydrogens is 366 g/mol. The molecule has 2 aromatic carbocycles. The lowest BCUT2D eigenvalue weighted by atomic mass is 10.1. The quantitative estimate of drug-likeness (QED) is 0.682. The second-order valence-corrected chi connectivity index (χ2v) is 6.52. The molecular formula is C21H24ClNO4. The molecule has 0 saturated heterocycles. The Morgan fingerprint density at radius 3 is 2.56 bits per heavy atom. The molecule has 1 atom stereocenters. The van der Waals surface area contributed by atoms with Gasteiger partial charge in [0.2, 0.25) is 0 Å². The average Bonchev–Trinajstić information content (AvgIpc) is 2.64. The van der Waals surface area contributed by atoms with Crippen LogP contribution in [0.1, 0.15) is 41.8 Å². The second kappa shape index (κ2) is 9.42. The summed E-state index contributed by atoms with van der Waals surface area (Å²) in [5.41, 5.74) is 2.76. The number of hydrogen-bond donors (Lipinski definition) is 1. The Hall–Kier alpha value is -2.53. The summed E-state index contributed by atoms with van der Waals surface area (Å²) in [5, 5.41) is 3.05. The van der Waals surface area contributed by atoms with Crippen molar-refractivity contribution in [2.24, 2.45) is 0 Å². The van der Waals surface area contributed by atoms with Gasteiger partial charge in [0.1, 0.15) is 5.75 Å². The topological polar surface area (TPSA) is 64.6 Å². The zero-order valence-electron chi connectivity index (χ0n) is 16.0. The highest BCUT2D eigenvalue weighted by atomic mass is 35.5. The van der Waals surface area contributed by atoms with Crippen LogP contribution in [0.25, 0.3) is 0 Å². The molecule has 0 aliphatic heterocycles. The molecule has 0 spiro atoms. The van der Waals surface area contributed by atoms with Crippen LogP contribution in [0.4, 0.5) is 5.69 Å². The fraction of sp³-hybridized carbons (Fsp3) is 0.333. The number of amides is 1. The van der Waals surface area contributed by atoms with E-state index in [4.69, 9.17) is 21.1 Å². The van der Waals surface area contributed by atoms with Crippen LogP contribution in [-0.4, -0.2) is 24.6 Å². The molecule has 6 heteroatoms. The number of carbonyl (C=O) groups is 2. The van der Waals surface area contributed by atoms with E-state index in [1.54, 1.807) is 19.1 Å². The molecule has 0 fully saturated rings. The molecule has 0 aliphatic carbocycles. The highest BCUT2D eigenvalue weighted by Gasteiger charge is 2.21. The fourth-order valence-electron chi connectivity index (χ4n) is 2.52. The Bertz CT molecular complexity index is 835. The van der Waals surface area contributed by atoms with Crippen LogP contribution in [0.15, 0.2) is 36.4 Å². The van der Waals surface area contributed by atoms with Gasteiger partial charge in [-0.25, -0.2) is 4.79 Å². The molecule has 0 saturated carbocycles. The fourth-order valence-corrected chi connectivity index (χ4v) is 2.71. The first kappa shape index (κ1) is 20.8. The largest absolute Gasteiger partial charge is 0.480 e. The van der Waals surface area contributed by atoms with Gasteiger partial charge in [-0.3, -0.25) is 4.79 Å². The lowest BCUT2D eigenvalue weighted by molar-refractivity contribution is -0.122. The molecule has 2 aromatic rings. The summed E-state index contributed by atoms with van der Waals surface area (Å²) in [5.74, 6) is -0.145. The van der Waals surface area contributed by atoms with Gasteiger partial charge in [0.25, 0.3) is 5.91 Å². The molecule has 0 aliphatic rings. The van der Waals surface area contributed by atoms with Crippen molar-refractivity contribution in [1.82, 2.24) is 0 Å². The summed E-state index contributed by atoms with van der Waals surface area (Å²) in [6.07, 6.45) is -0.162. The van der Waals surface area contributed by atoms with Crippen molar-refractivity contribution in [3.63, 3.8) is 0 Å². The summed E-state index contributed by atoms with van der Waals surface area (Å²) < 4.78 is 10.9. The third kappa shape index (κ3) is 5.23. The number of halogens is 1. The van der Waals surface area contributed by atoms with Gasteiger partial charge in [0.05, 0.1) is 17.2 Å². The molecule has 144 valence electrons. The zero-order chi connectivity index (χ0) is 20.0. The van der Waals surface area contributed by atoms with E-state index in [0.29, 0.717) is 17.9 Å². The Balaban J connectivity index is 2.16. The number of carbonyl (C=O) groups excluding carboxylic acids is 2. The highest BCUT2D eigenvalue weighted by Crippen LogP contribution is 2.24. The van der Waals surface area contributed by atoms with Crippen LogP contribution in [-0.2, 0) is 9.53 Å². The predicted molar refractivity (Wildman–Crippen MR) is 107 cm³/mol. The van der Waals surface area contributed by atoms with E-state index in [-0.39, 0.29) is 23.1 Å². The third-order valence-electron chi connectivity index (χ3n) is 4.22. The van der Waals surface area contributed by atoms with Gasteiger partial charge in [-0.1, -0.05) is 30.7 Å². The Kier molecular flexibility index (Phi) is 7.25. The van der Waals surface area contributed by atoms with Gasteiger partial charge < -0.3 is 14.8 Å². The summed E-state index contributed by atoms with van der Waals surface area (Å²) in [6.45, 7) is 7.79. The molecule has 0 bridgehead atoms. The van der Waals surface area contributed by atoms with Gasteiger partial charge in [-0.15, -0.1) is 0 Å². The molecule has 1 amide bonds. The van der Waals surface area contributed by atoms with Crippen molar-refractivity contribution >= 4 is 29.2 Å². The number of aryl methyl sites for hydroxylation is 1. The lowest BCUT2D eigenvalue weighted by Crippen LogP contribution is -2.32. The number of nitrogens with one attached hydrogen (secondary N) is 1. The SMILES string of the molecule is CCOC(=O)c1cc(NC(=O)[C@@H](CC)Oc2cccc(C)c2C)ccc1Cl. The molecule has 0 heterocycles. The lowest BCUT2D eigenvalue weighted by Gasteiger charge is -2.19. The van der Waals surface area contributed by atoms with Crippen molar-refractivity contribution in [2.45, 2.75) is 40.2 Å². The van der Waals surface area contributed by atoms with Crippen molar-refractivity contribution in [2.75, 3.05) is 11.9 Å². The molecule has 5 nitrogen and oxygen atoms in total. The Morgan fingerprint density at radius 2 is 1.89 bits per heavy atom. The van der Waals surface area contributed by atoms with Crippen molar-refractivity contribution in [3.05, 3.63) is 58.1 Å². The van der Waals surface area contributed by atoms with Crippen LogP contribution in [0.5, 0.6) is 5.75 Å². The van der Waals surface area contributed by atoms with E-state index in [0.717, 1.165) is 11.1 Å². The van der Waals surface area contributed by atoms with Gasteiger partial charge in [-0.05, 0) is 62.6 Å². The first-order chi connectivity index (χ1) is 12.9. The summed E-state index contributed by atoms with van der Waals surface area (Å²) >= 11 is 6.05. The average molecular weight is 390 g/mol. The second-order valence-electron chi connectivity index (χ2n) is 6.12. The maximum absolute atomic E-state index is 12.7. The Morgan fingerprint density at radius 1 is 1.15 bits per heavy atom. The minimum atomic E-state index is -0.660. The standard InChI is InChI=1S/C21H24ClNO4/c1-5-18(27-19-9-7-8-13(3)14(19)4)20(24)23-15-10-11-17(22)16(12-15)21(25)26-6-2/h7-12,18H,5-6H2,1-4H3,(H,23,24)/t18-/m1/s1. The first-order valence-electron chi connectivity index (χ1n) is 8.87. The van der Waals surface area contributed by atoms with Gasteiger partial charge in [0.15, 0.2) is 6.10 Å². The van der Waals surface area contributed by atoms with Crippen LogP contribution < -0.4 is 10.1 Å². The third-order valence-corrected chi connectivity index (χ3v) is 4.55. The van der Waals surface area contributed by atoms with E-state index < -0.39 is 12.1 Å². The number of hydrogen-bond acceptors (Lipinski definition) is 4. The summed E-state index contributed by atoms with van der Waals surface area (Å²) in [6, 6.07) is 10.4. The van der Waals surface area contributed by atoms with Crippen molar-refractivity contribution < 1.29 is 19.1 Å². The molecule has 0 unspecified atom stereocenters. The summed E-state index contributed by atoms with van der Waals surface area (Å²) in [4.78, 5) is 24.6. The van der Waals surface area contributed by atoms with E-state index in [2.05, 4.69) is 5.32 Å². The number of anilines is 1. The molecule has 0 aromatic heterocycles. The minimum Gasteiger partial charge on any atom is -0.480 e. The van der Waals surface area contributed by atoms with E-state index in [1.807, 2.05) is 39.0 Å². The van der Waals surface area contributed by atoms with Gasteiger partial charge in [0, 0.05) is 5.69 Å². The normalized spacial score (nSPS) is 11.6. The van der Waals surface area contributed by atoms with E-state index in [9.17, 15) is 9.59 Å². The minimum absolute atomic E-state index is 0.208. The highest BCUT2D eigenvalue weighted by molar-refractivity contribution is 6.33. The number of benzene rings is 2. The van der Waals surface area contributed by atoms with Crippen molar-refractivity contribution in [1.29, 1.82) is 0 Å². The molecule has 2 rings (SSSR count). The molecule has 1 N–H and O–H groups in total. The van der Waals surface area contributed by atoms with E-state index >= 15 is 0 Å². The number of esters is 1. The Labute approximate surface area is 164 Å². The number of ether oxygens (including phenoxy) is 2. The molecule has 0 radical (unpaired) electrons. The van der Waals surface area contributed by atoms with Crippen LogP contribution in [0.3, 0.4) is 0 Å². The maximum Gasteiger partial charge on any atom is 0.339 e. The number of rotatable bonds is 7. The van der Waals surface area contributed by atoms with E-state index in [1.165, 1.54) is 6.07 Å². The maximum atomic E-state index is 12.7. The van der Waals surface area contributed by atoms with Crippen LogP contribution >= 0.6 is 11.6 Å². The molecule has 27 heavy (non-hydrogen) atoms. The summed E-state index contributed by atoms with van der Waals surface area (Å²) in [7, 11) is 0. The zero-order valence-corrected chi connectivity index (χ0v) is 16.7. The van der Waals surface area contributed by atoms with Crippen LogP contribution in [0, 0.1) is 13.8 Å². The van der Waals surface area contributed by atoms with Crippen molar-refractivity contribution in [3.8, 4) is 5.75 Å².